The second-order valence-corrected chi connectivity index (χ2v) is 9.70. The average molecular weight is 453 g/mol. The number of fused-ring (bicyclic) bond motifs is 2. The molecule has 4 heterocycles. The Morgan fingerprint density at radius 1 is 1.00 bits per heavy atom. The zero-order valence-corrected chi connectivity index (χ0v) is 19.1. The smallest absolute Gasteiger partial charge is 0.159 e. The van der Waals surface area contributed by atoms with Crippen molar-refractivity contribution in [3.05, 3.63) is 59.8 Å². The maximum atomic E-state index is 6.29. The molecule has 0 unspecified atom stereocenters. The summed E-state index contributed by atoms with van der Waals surface area (Å²) in [5, 5.41) is 13.4. The first-order chi connectivity index (χ1) is 16.7. The minimum absolute atomic E-state index is 0.573. The average Bonchev–Trinajstić information content (AvgIpc) is 3.29. The molecule has 7 rings (SSSR count). The Hall–Kier alpha value is -3.81. The highest BCUT2D eigenvalue weighted by Crippen LogP contribution is 2.36. The number of hydrogen-bond donors (Lipinski definition) is 3. The summed E-state index contributed by atoms with van der Waals surface area (Å²) in [6.45, 7) is 2.12. The Morgan fingerprint density at radius 2 is 1.88 bits per heavy atom. The summed E-state index contributed by atoms with van der Waals surface area (Å²) in [6, 6.07) is 6.97. The first-order valence-corrected chi connectivity index (χ1v) is 12.3. The second-order valence-electron chi connectivity index (χ2n) is 9.70. The number of rotatable bonds is 4. The molecule has 3 aromatic heterocycles. The van der Waals surface area contributed by atoms with E-state index in [-0.39, 0.29) is 0 Å². The molecule has 2 fully saturated rings. The van der Waals surface area contributed by atoms with Crippen LogP contribution in [0.4, 0.5) is 0 Å². The van der Waals surface area contributed by atoms with Crippen molar-refractivity contribution in [1.82, 2.24) is 34.8 Å². The molecule has 3 aliphatic rings. The number of hydrogen-bond acceptors (Lipinski definition) is 5. The molecule has 4 aromatic rings. The molecule has 1 saturated heterocycles. The van der Waals surface area contributed by atoms with Crippen molar-refractivity contribution in [3.63, 3.8) is 0 Å². The molecule has 1 aliphatic heterocycles. The maximum absolute atomic E-state index is 6.29. The van der Waals surface area contributed by atoms with Gasteiger partial charge in [0.15, 0.2) is 5.82 Å². The highest BCUT2D eigenvalue weighted by atomic mass is 15.3. The van der Waals surface area contributed by atoms with Crippen molar-refractivity contribution >= 4 is 16.6 Å². The third-order valence-corrected chi connectivity index (χ3v) is 7.20. The number of aromatic nitrogens is 6. The monoisotopic (exact) mass is 452 g/mol. The fourth-order valence-corrected chi connectivity index (χ4v) is 5.18. The molecule has 172 valence electrons. The van der Waals surface area contributed by atoms with Gasteiger partial charge >= 0.3 is 0 Å². The molecular weight excluding hydrogens is 424 g/mol. The van der Waals surface area contributed by atoms with Gasteiger partial charge in [0.1, 0.15) is 11.4 Å². The van der Waals surface area contributed by atoms with E-state index >= 15 is 0 Å². The third kappa shape index (κ3) is 3.32. The van der Waals surface area contributed by atoms with Gasteiger partial charge in [0, 0.05) is 42.4 Å². The van der Waals surface area contributed by atoms with Gasteiger partial charge in [-0.1, -0.05) is 6.07 Å². The van der Waals surface area contributed by atoms with Gasteiger partial charge in [-0.3, -0.25) is 9.78 Å². The summed E-state index contributed by atoms with van der Waals surface area (Å²) >= 11 is 0. The van der Waals surface area contributed by atoms with Crippen molar-refractivity contribution in [2.75, 3.05) is 13.1 Å². The number of nitrogens with two attached hydrogens (primary N) is 1. The predicted molar refractivity (Wildman–Crippen MR) is 133 cm³/mol. The molecular formula is C26H28N8. The highest BCUT2D eigenvalue weighted by Gasteiger charge is 2.26. The SMILES string of the molecule is NC1=CC=C(N2CCCCC2)c2nc(-c3n[nH]c4ccc(-c5cnn(C6CC6)c5)cc34)[nH]c2C1. The van der Waals surface area contributed by atoms with Crippen molar-refractivity contribution in [2.24, 2.45) is 5.73 Å². The summed E-state index contributed by atoms with van der Waals surface area (Å²) in [7, 11) is 0. The Balaban J connectivity index is 1.29. The second kappa shape index (κ2) is 7.62. The zero-order valence-electron chi connectivity index (χ0n) is 19.1. The number of allylic oxidation sites excluding steroid dienone is 3. The lowest BCUT2D eigenvalue weighted by Crippen LogP contribution is -2.28. The number of nitrogens with one attached hydrogen (secondary N) is 2. The van der Waals surface area contributed by atoms with E-state index in [1.165, 1.54) is 32.1 Å². The fraction of sp³-hybridized carbons (Fsp3) is 0.346. The van der Waals surface area contributed by atoms with Crippen LogP contribution in [0.3, 0.4) is 0 Å². The number of aromatic amines is 2. The predicted octanol–water partition coefficient (Wildman–Crippen LogP) is 4.38. The van der Waals surface area contributed by atoms with E-state index in [0.29, 0.717) is 12.5 Å². The highest BCUT2D eigenvalue weighted by molar-refractivity contribution is 5.94. The van der Waals surface area contributed by atoms with Crippen molar-refractivity contribution in [3.8, 4) is 22.6 Å². The molecule has 8 nitrogen and oxygen atoms in total. The maximum Gasteiger partial charge on any atom is 0.159 e. The number of likely N-dealkylation sites (tertiary alicyclic amines) is 1. The Bertz CT molecular complexity index is 1440. The van der Waals surface area contributed by atoms with E-state index in [1.807, 2.05) is 12.3 Å². The van der Waals surface area contributed by atoms with Crippen LogP contribution in [0.2, 0.25) is 0 Å². The quantitative estimate of drug-likeness (QED) is 0.426. The van der Waals surface area contributed by atoms with E-state index < -0.39 is 0 Å². The van der Waals surface area contributed by atoms with Gasteiger partial charge < -0.3 is 15.6 Å². The number of nitrogens with zero attached hydrogens (tertiary/aromatic N) is 5. The number of benzene rings is 1. The summed E-state index contributed by atoms with van der Waals surface area (Å²) < 4.78 is 2.09. The van der Waals surface area contributed by atoms with Crippen LogP contribution in [0.1, 0.15) is 49.5 Å². The summed E-state index contributed by atoms with van der Waals surface area (Å²) in [6.07, 6.45) is 15.1. The number of piperidine rings is 1. The molecule has 1 aromatic carbocycles. The molecule has 0 amide bonds. The zero-order chi connectivity index (χ0) is 22.6. The number of H-pyrrole nitrogens is 2. The first kappa shape index (κ1) is 19.6. The van der Waals surface area contributed by atoms with E-state index in [4.69, 9.17) is 10.7 Å². The van der Waals surface area contributed by atoms with Crippen molar-refractivity contribution < 1.29 is 0 Å². The summed E-state index contributed by atoms with van der Waals surface area (Å²) in [4.78, 5) is 11.1. The third-order valence-electron chi connectivity index (χ3n) is 7.20. The molecule has 0 bridgehead atoms. The van der Waals surface area contributed by atoms with Gasteiger partial charge in [-0.25, -0.2) is 4.98 Å². The van der Waals surface area contributed by atoms with E-state index in [2.05, 4.69) is 60.3 Å². The lowest BCUT2D eigenvalue weighted by Gasteiger charge is -2.30. The molecule has 0 spiro atoms. The molecule has 0 radical (unpaired) electrons. The normalized spacial score (nSPS) is 18.5. The lowest BCUT2D eigenvalue weighted by molar-refractivity contribution is 0.325. The van der Waals surface area contributed by atoms with E-state index in [0.717, 1.165) is 69.4 Å². The van der Waals surface area contributed by atoms with Crippen LogP contribution in [0.5, 0.6) is 0 Å². The van der Waals surface area contributed by atoms with Crippen LogP contribution in [-0.2, 0) is 6.42 Å². The summed E-state index contributed by atoms with van der Waals surface area (Å²) in [5.41, 5.74) is 14.4. The van der Waals surface area contributed by atoms with Crippen molar-refractivity contribution in [1.29, 1.82) is 0 Å². The standard InChI is InChI=1S/C26H28N8/c27-18-5-9-23(33-10-2-1-3-11-33)25-22(13-18)29-26(30-25)24-20-12-16(4-8-21(20)31-32-24)17-14-28-34(15-17)19-6-7-19/h4-5,8-9,12,14-15,19H,1-3,6-7,10-11,13,27H2,(H,29,30)(H,31,32). The lowest BCUT2D eigenvalue weighted by atomic mass is 10.1. The first-order valence-electron chi connectivity index (χ1n) is 12.3. The molecule has 4 N–H and O–H groups in total. The largest absolute Gasteiger partial charge is 0.402 e. The van der Waals surface area contributed by atoms with Crippen LogP contribution in [-0.4, -0.2) is 47.9 Å². The van der Waals surface area contributed by atoms with Gasteiger partial charge in [0.05, 0.1) is 29.1 Å². The number of imidazole rings is 1. The van der Waals surface area contributed by atoms with Gasteiger partial charge in [-0.05, 0) is 62.0 Å². The van der Waals surface area contributed by atoms with Crippen LogP contribution >= 0.6 is 0 Å². The molecule has 0 atom stereocenters. The van der Waals surface area contributed by atoms with Crippen LogP contribution in [0.25, 0.3) is 39.2 Å². The van der Waals surface area contributed by atoms with Gasteiger partial charge in [0.25, 0.3) is 0 Å². The topological polar surface area (TPSA) is 104 Å². The van der Waals surface area contributed by atoms with Crippen LogP contribution in [0.15, 0.2) is 48.4 Å². The van der Waals surface area contributed by atoms with Crippen molar-refractivity contribution in [2.45, 2.75) is 44.6 Å². The molecule has 8 heteroatoms. The van der Waals surface area contributed by atoms with E-state index in [9.17, 15) is 0 Å². The molecule has 34 heavy (non-hydrogen) atoms. The molecule has 1 saturated carbocycles. The molecule has 2 aliphatic carbocycles. The Labute approximate surface area is 197 Å². The minimum Gasteiger partial charge on any atom is -0.402 e. The minimum atomic E-state index is 0.573. The van der Waals surface area contributed by atoms with Crippen LogP contribution < -0.4 is 5.73 Å². The Kier molecular flexibility index (Phi) is 4.40. The van der Waals surface area contributed by atoms with Crippen LogP contribution in [0, 0.1) is 0 Å². The van der Waals surface area contributed by atoms with Gasteiger partial charge in [-0.2, -0.15) is 10.2 Å². The van der Waals surface area contributed by atoms with Gasteiger partial charge in [-0.15, -0.1) is 0 Å². The van der Waals surface area contributed by atoms with E-state index in [1.54, 1.807) is 0 Å². The Morgan fingerprint density at radius 3 is 2.74 bits per heavy atom. The fourth-order valence-electron chi connectivity index (χ4n) is 5.18. The summed E-state index contributed by atoms with van der Waals surface area (Å²) in [5.74, 6) is 0.777. The van der Waals surface area contributed by atoms with Gasteiger partial charge in [0.2, 0.25) is 0 Å².